The van der Waals surface area contributed by atoms with E-state index in [-0.39, 0.29) is 17.5 Å². The molecule has 4 aliphatic carbocycles. The van der Waals surface area contributed by atoms with Gasteiger partial charge in [-0.3, -0.25) is 0 Å². The lowest BCUT2D eigenvalue weighted by atomic mass is 9.32. The molecule has 0 atom stereocenters. The number of para-hydroxylation sites is 3. The van der Waals surface area contributed by atoms with Crippen molar-refractivity contribution in [3.05, 3.63) is 180 Å². The molecule has 4 fully saturated rings. The van der Waals surface area contributed by atoms with Gasteiger partial charge in [-0.15, -0.1) is 0 Å². The molecular formula is C57H52BN3. The summed E-state index contributed by atoms with van der Waals surface area (Å²) in [6.45, 7) is 9.15. The molecule has 0 amide bonds. The number of aryl methyl sites for hydroxylation is 1. The monoisotopic (exact) mass is 789 g/mol. The summed E-state index contributed by atoms with van der Waals surface area (Å²) in [6, 6.07) is 60.8. The Morgan fingerprint density at radius 2 is 1.13 bits per heavy atom. The van der Waals surface area contributed by atoms with Crippen LogP contribution in [0.25, 0.3) is 0 Å². The maximum Gasteiger partial charge on any atom is 0.252 e. The first-order chi connectivity index (χ1) is 29.8. The van der Waals surface area contributed by atoms with Crippen LogP contribution >= 0.6 is 0 Å². The zero-order valence-corrected chi connectivity index (χ0v) is 35.8. The fraction of sp³-hybridized carbons (Fsp3) is 0.263. The van der Waals surface area contributed by atoms with Crippen LogP contribution in [0, 0.1) is 30.6 Å². The molecule has 7 aromatic carbocycles. The molecular weight excluding hydrogens is 737 g/mol. The molecule has 0 saturated heterocycles. The zero-order chi connectivity index (χ0) is 40.8. The highest BCUT2D eigenvalue weighted by molar-refractivity contribution is 7.00. The SMILES string of the molecule is Cc1ccc(N(c2ccccc2)c2ccc3c(c2)B2c4cccc5c4N(c4ccccc4C54C5CC6CC(C5)CC4C6)c4cccc(c42)N3c2ccc(C(C)(C)C)cc2)cc1. The molecule has 4 heteroatoms. The van der Waals surface area contributed by atoms with E-state index in [0.29, 0.717) is 11.8 Å². The number of anilines is 9. The fourth-order valence-electron chi connectivity index (χ4n) is 13.8. The summed E-state index contributed by atoms with van der Waals surface area (Å²) in [5, 5.41) is 0. The minimum absolute atomic E-state index is 0.0523. The molecule has 3 heterocycles. The van der Waals surface area contributed by atoms with E-state index in [9.17, 15) is 0 Å². The molecule has 7 aliphatic rings. The van der Waals surface area contributed by atoms with Crippen LogP contribution in [0.2, 0.25) is 0 Å². The van der Waals surface area contributed by atoms with Crippen molar-refractivity contribution in [3.63, 3.8) is 0 Å². The van der Waals surface area contributed by atoms with Gasteiger partial charge in [-0.05, 0) is 174 Å². The smallest absolute Gasteiger partial charge is 0.252 e. The average Bonchev–Trinajstić information content (AvgIpc) is 3.27. The van der Waals surface area contributed by atoms with Gasteiger partial charge in [0, 0.05) is 50.9 Å². The lowest BCUT2D eigenvalue weighted by Gasteiger charge is -2.64. The molecule has 14 rings (SSSR count). The minimum atomic E-state index is 0.0523. The van der Waals surface area contributed by atoms with Crippen LogP contribution in [-0.2, 0) is 10.8 Å². The molecule has 3 aliphatic heterocycles. The average molecular weight is 790 g/mol. The minimum Gasteiger partial charge on any atom is -0.311 e. The van der Waals surface area contributed by atoms with Crippen LogP contribution in [0.5, 0.6) is 0 Å². The second kappa shape index (κ2) is 12.8. The summed E-state index contributed by atoms with van der Waals surface area (Å²) in [4.78, 5) is 7.71. The third-order valence-electron chi connectivity index (χ3n) is 16.0. The molecule has 0 aromatic heterocycles. The van der Waals surface area contributed by atoms with Crippen molar-refractivity contribution < 1.29 is 0 Å². The highest BCUT2D eigenvalue weighted by Crippen LogP contribution is 2.69. The fourth-order valence-corrected chi connectivity index (χ4v) is 13.8. The number of rotatable bonds is 4. The van der Waals surface area contributed by atoms with Crippen LogP contribution in [0.3, 0.4) is 0 Å². The van der Waals surface area contributed by atoms with Crippen LogP contribution < -0.4 is 31.1 Å². The summed E-state index contributed by atoms with van der Waals surface area (Å²) in [5.74, 6) is 3.18. The zero-order valence-electron chi connectivity index (χ0n) is 35.8. The van der Waals surface area contributed by atoms with Gasteiger partial charge in [-0.2, -0.15) is 0 Å². The predicted octanol–water partition coefficient (Wildman–Crippen LogP) is 12.9. The van der Waals surface area contributed by atoms with E-state index in [2.05, 4.69) is 200 Å². The van der Waals surface area contributed by atoms with E-state index in [1.54, 1.807) is 11.1 Å². The highest BCUT2D eigenvalue weighted by atomic mass is 15.2. The molecule has 1 spiro atoms. The first-order valence-corrected chi connectivity index (χ1v) is 22.9. The normalized spacial score (nSPS) is 23.4. The van der Waals surface area contributed by atoms with Crippen molar-refractivity contribution in [1.82, 2.24) is 0 Å². The number of hydrogen-bond donors (Lipinski definition) is 0. The van der Waals surface area contributed by atoms with Crippen LogP contribution in [0.1, 0.15) is 75.1 Å². The Bertz CT molecular complexity index is 2860. The van der Waals surface area contributed by atoms with Gasteiger partial charge in [-0.25, -0.2) is 0 Å². The Morgan fingerprint density at radius 3 is 1.85 bits per heavy atom. The topological polar surface area (TPSA) is 9.72 Å². The number of nitrogens with zero attached hydrogens (tertiary/aromatic N) is 3. The first-order valence-electron chi connectivity index (χ1n) is 22.9. The van der Waals surface area contributed by atoms with Crippen molar-refractivity contribution in [2.24, 2.45) is 23.7 Å². The number of fused-ring (bicyclic) bond motifs is 6. The molecule has 61 heavy (non-hydrogen) atoms. The van der Waals surface area contributed by atoms with Crippen molar-refractivity contribution in [3.8, 4) is 0 Å². The number of hydrogen-bond acceptors (Lipinski definition) is 3. The Morgan fingerprint density at radius 1 is 0.525 bits per heavy atom. The molecule has 4 bridgehead atoms. The quantitative estimate of drug-likeness (QED) is 0.164. The predicted molar refractivity (Wildman–Crippen MR) is 256 cm³/mol. The van der Waals surface area contributed by atoms with Gasteiger partial charge in [0.2, 0.25) is 0 Å². The van der Waals surface area contributed by atoms with Crippen LogP contribution in [0.4, 0.5) is 51.2 Å². The van der Waals surface area contributed by atoms with Gasteiger partial charge in [0.25, 0.3) is 6.71 Å². The Kier molecular flexibility index (Phi) is 7.48. The first kappa shape index (κ1) is 35.7. The molecule has 0 radical (unpaired) electrons. The lowest BCUT2D eigenvalue weighted by Crippen LogP contribution is -2.64. The van der Waals surface area contributed by atoms with Crippen molar-refractivity contribution in [2.75, 3.05) is 14.7 Å². The van der Waals surface area contributed by atoms with Crippen molar-refractivity contribution >= 4 is 74.3 Å². The van der Waals surface area contributed by atoms with Gasteiger partial charge < -0.3 is 14.7 Å². The Hall–Kier alpha value is -6.00. The third-order valence-corrected chi connectivity index (χ3v) is 16.0. The standard InChI is InChI=1S/C57H52BN3/c1-36-20-24-43(25-21-36)59(42-12-6-5-7-13-42)45-28-29-51-49(35-45)58-48-16-10-15-47-55(48)61(50-17-9-8-14-46(50)57(47)40-31-37-30-38(33-40)34-41(57)32-37)53-19-11-18-52(54(53)58)60(51)44-26-22-39(23-27-44)56(2,3)4/h5-29,35,37-38,40-41H,30-34H2,1-4H3. The van der Waals surface area contributed by atoms with E-state index in [1.807, 2.05) is 0 Å². The second-order valence-corrected chi connectivity index (χ2v) is 20.3. The highest BCUT2D eigenvalue weighted by Gasteiger charge is 2.62. The summed E-state index contributed by atoms with van der Waals surface area (Å²) < 4.78 is 0. The van der Waals surface area contributed by atoms with Gasteiger partial charge in [0.15, 0.2) is 0 Å². The maximum atomic E-state index is 2.71. The largest absolute Gasteiger partial charge is 0.311 e. The molecule has 7 aromatic rings. The van der Waals surface area contributed by atoms with E-state index in [0.717, 1.165) is 23.2 Å². The van der Waals surface area contributed by atoms with Gasteiger partial charge in [0.05, 0.1) is 5.69 Å². The van der Waals surface area contributed by atoms with E-state index in [4.69, 9.17) is 0 Å². The molecule has 298 valence electrons. The summed E-state index contributed by atoms with van der Waals surface area (Å²) >= 11 is 0. The van der Waals surface area contributed by atoms with Crippen LogP contribution in [-0.4, -0.2) is 6.71 Å². The summed E-state index contributed by atoms with van der Waals surface area (Å²) in [5.41, 5.74) is 21.5. The molecule has 3 nitrogen and oxygen atoms in total. The van der Waals surface area contributed by atoms with Crippen molar-refractivity contribution in [1.29, 1.82) is 0 Å². The Labute approximate surface area is 361 Å². The lowest BCUT2D eigenvalue weighted by molar-refractivity contribution is -0.0419. The summed E-state index contributed by atoms with van der Waals surface area (Å²) in [6.07, 6.45) is 6.95. The van der Waals surface area contributed by atoms with Crippen molar-refractivity contribution in [2.45, 2.75) is 70.6 Å². The second-order valence-electron chi connectivity index (χ2n) is 20.3. The molecule has 0 N–H and O–H groups in total. The Balaban J connectivity index is 1.09. The maximum absolute atomic E-state index is 2.71. The van der Waals surface area contributed by atoms with Gasteiger partial charge in [-0.1, -0.05) is 111 Å². The van der Waals surface area contributed by atoms with E-state index in [1.165, 1.54) is 99.4 Å². The number of benzene rings is 7. The van der Waals surface area contributed by atoms with Gasteiger partial charge in [0.1, 0.15) is 0 Å². The van der Waals surface area contributed by atoms with E-state index >= 15 is 0 Å². The molecule has 4 saturated carbocycles. The molecule has 0 unspecified atom stereocenters. The summed E-state index contributed by atoms with van der Waals surface area (Å²) in [7, 11) is 0. The van der Waals surface area contributed by atoms with E-state index < -0.39 is 0 Å². The van der Waals surface area contributed by atoms with Gasteiger partial charge >= 0.3 is 0 Å². The third kappa shape index (κ3) is 4.94. The van der Waals surface area contributed by atoms with Crippen LogP contribution in [0.15, 0.2) is 158 Å².